The average Bonchev–Trinajstić information content (AvgIpc) is 2.60. The Bertz CT molecular complexity index is 816. The summed E-state index contributed by atoms with van der Waals surface area (Å²) >= 11 is 0. The van der Waals surface area contributed by atoms with Gasteiger partial charge in [-0.05, 0) is 36.8 Å². The van der Waals surface area contributed by atoms with Crippen LogP contribution in [0.15, 0.2) is 53.6 Å². The van der Waals surface area contributed by atoms with Crippen molar-refractivity contribution in [3.8, 4) is 0 Å². The molecule has 0 unspecified atom stereocenters. The number of non-ortho nitro benzene ring substituents is 1. The summed E-state index contributed by atoms with van der Waals surface area (Å²) in [6, 6.07) is 12.7. The van der Waals surface area contributed by atoms with Gasteiger partial charge in [0.2, 0.25) is 0 Å². The summed E-state index contributed by atoms with van der Waals surface area (Å²) in [5.74, 6) is -0.836. The maximum absolute atomic E-state index is 11.9. The fourth-order valence-corrected chi connectivity index (χ4v) is 1.95. The molecule has 0 radical (unpaired) electrons. The molecule has 0 saturated heterocycles. The molecule has 0 aliphatic rings. The number of amides is 2. The summed E-state index contributed by atoms with van der Waals surface area (Å²) in [4.78, 5) is 33.6. The molecule has 8 heteroatoms. The second-order valence-electron chi connectivity index (χ2n) is 5.19. The molecule has 0 aliphatic heterocycles. The van der Waals surface area contributed by atoms with Crippen LogP contribution in [0.3, 0.4) is 0 Å². The first-order chi connectivity index (χ1) is 12.0. The van der Waals surface area contributed by atoms with Crippen LogP contribution in [0.4, 0.5) is 5.69 Å². The molecule has 0 aromatic heterocycles. The smallest absolute Gasteiger partial charge is 0.269 e. The Balaban J connectivity index is 1.80. The Kier molecular flexibility index (Phi) is 5.94. The zero-order chi connectivity index (χ0) is 18.2. The molecule has 2 amide bonds. The fraction of sp³-hybridized carbons (Fsp3) is 0.118. The van der Waals surface area contributed by atoms with Crippen molar-refractivity contribution in [1.82, 2.24) is 10.7 Å². The van der Waals surface area contributed by atoms with E-state index in [2.05, 4.69) is 15.8 Å². The molecule has 8 nitrogen and oxygen atoms in total. The van der Waals surface area contributed by atoms with E-state index < -0.39 is 10.8 Å². The molecule has 0 bridgehead atoms. The van der Waals surface area contributed by atoms with Gasteiger partial charge in [0.25, 0.3) is 17.5 Å². The molecule has 2 rings (SSSR count). The molecule has 128 valence electrons. The minimum Gasteiger partial charge on any atom is -0.343 e. The monoisotopic (exact) mass is 340 g/mol. The zero-order valence-corrected chi connectivity index (χ0v) is 13.4. The van der Waals surface area contributed by atoms with Gasteiger partial charge in [0.1, 0.15) is 0 Å². The van der Waals surface area contributed by atoms with E-state index in [1.807, 2.05) is 13.0 Å². The Morgan fingerprint density at radius 1 is 1.20 bits per heavy atom. The summed E-state index contributed by atoms with van der Waals surface area (Å²) in [5.41, 5.74) is 4.26. The lowest BCUT2D eigenvalue weighted by atomic mass is 10.1. The van der Waals surface area contributed by atoms with Crippen LogP contribution in [-0.2, 0) is 4.79 Å². The summed E-state index contributed by atoms with van der Waals surface area (Å²) in [6.07, 6.45) is 1.35. The fourth-order valence-electron chi connectivity index (χ4n) is 1.95. The first kappa shape index (κ1) is 17.8. The van der Waals surface area contributed by atoms with Gasteiger partial charge in [0.05, 0.1) is 17.7 Å². The number of hydrazone groups is 1. The molecular weight excluding hydrogens is 324 g/mol. The van der Waals surface area contributed by atoms with Crippen molar-refractivity contribution in [3.63, 3.8) is 0 Å². The number of carbonyl (C=O) groups is 2. The van der Waals surface area contributed by atoms with E-state index in [0.717, 1.165) is 5.56 Å². The van der Waals surface area contributed by atoms with E-state index in [1.165, 1.54) is 30.5 Å². The first-order valence-electron chi connectivity index (χ1n) is 7.37. The minimum absolute atomic E-state index is 0.0277. The number of benzene rings is 2. The molecule has 0 fully saturated rings. The van der Waals surface area contributed by atoms with Crippen molar-refractivity contribution in [2.24, 2.45) is 5.10 Å². The second kappa shape index (κ2) is 8.34. The second-order valence-corrected chi connectivity index (χ2v) is 5.19. The molecule has 0 spiro atoms. The normalized spacial score (nSPS) is 10.4. The van der Waals surface area contributed by atoms with Gasteiger partial charge in [-0.3, -0.25) is 19.7 Å². The number of nitrogens with one attached hydrogen (secondary N) is 2. The third kappa shape index (κ3) is 5.54. The molecular formula is C17H16N4O4. The number of rotatable bonds is 6. The molecule has 0 saturated carbocycles. The maximum Gasteiger partial charge on any atom is 0.269 e. The minimum atomic E-state index is -0.500. The van der Waals surface area contributed by atoms with E-state index in [1.54, 1.807) is 18.2 Å². The van der Waals surface area contributed by atoms with Crippen LogP contribution in [0.5, 0.6) is 0 Å². The molecule has 2 aromatic carbocycles. The standard InChI is InChI=1S/C17H16N4O4/c1-12-3-2-4-14(9-12)17(23)18-11-16(22)20-19-10-13-5-7-15(8-6-13)21(24)25/h2-10H,11H2,1H3,(H,18,23)(H,20,22)/b19-10-. The van der Waals surface area contributed by atoms with E-state index in [9.17, 15) is 19.7 Å². The molecule has 25 heavy (non-hydrogen) atoms. The predicted molar refractivity (Wildman–Crippen MR) is 92.3 cm³/mol. The van der Waals surface area contributed by atoms with E-state index in [0.29, 0.717) is 11.1 Å². The lowest BCUT2D eigenvalue weighted by molar-refractivity contribution is -0.384. The van der Waals surface area contributed by atoms with Gasteiger partial charge in [-0.25, -0.2) is 5.43 Å². The first-order valence-corrected chi connectivity index (χ1v) is 7.37. The van der Waals surface area contributed by atoms with Gasteiger partial charge >= 0.3 is 0 Å². The average molecular weight is 340 g/mol. The third-order valence-corrected chi connectivity index (χ3v) is 3.20. The number of hydrogen-bond acceptors (Lipinski definition) is 5. The van der Waals surface area contributed by atoms with Gasteiger partial charge < -0.3 is 5.32 Å². The zero-order valence-electron chi connectivity index (χ0n) is 13.4. The summed E-state index contributed by atoms with van der Waals surface area (Å²) in [7, 11) is 0. The number of aryl methyl sites for hydroxylation is 1. The third-order valence-electron chi connectivity index (χ3n) is 3.20. The summed E-state index contributed by atoms with van der Waals surface area (Å²) < 4.78 is 0. The highest BCUT2D eigenvalue weighted by Crippen LogP contribution is 2.10. The van der Waals surface area contributed by atoms with Crippen LogP contribution in [0.25, 0.3) is 0 Å². The highest BCUT2D eigenvalue weighted by atomic mass is 16.6. The van der Waals surface area contributed by atoms with E-state index >= 15 is 0 Å². The van der Waals surface area contributed by atoms with Crippen LogP contribution in [0, 0.1) is 17.0 Å². The quantitative estimate of drug-likeness (QED) is 0.474. The molecule has 2 aromatic rings. The van der Waals surface area contributed by atoms with Gasteiger partial charge in [-0.15, -0.1) is 0 Å². The summed E-state index contributed by atoms with van der Waals surface area (Å²) in [5, 5.41) is 16.8. The number of nitro groups is 1. The Morgan fingerprint density at radius 3 is 2.56 bits per heavy atom. The molecule has 2 N–H and O–H groups in total. The Labute approximate surface area is 143 Å². The SMILES string of the molecule is Cc1cccc(C(=O)NCC(=O)N/N=C\c2ccc([N+](=O)[O-])cc2)c1. The topological polar surface area (TPSA) is 114 Å². The largest absolute Gasteiger partial charge is 0.343 e. The Hall–Kier alpha value is -3.55. The van der Waals surface area contributed by atoms with Gasteiger partial charge in [-0.1, -0.05) is 17.7 Å². The highest BCUT2D eigenvalue weighted by molar-refractivity contribution is 5.96. The summed E-state index contributed by atoms with van der Waals surface area (Å²) in [6.45, 7) is 1.65. The highest BCUT2D eigenvalue weighted by Gasteiger charge is 2.07. The van der Waals surface area contributed by atoms with Crippen LogP contribution < -0.4 is 10.7 Å². The van der Waals surface area contributed by atoms with Crippen LogP contribution in [0.2, 0.25) is 0 Å². The van der Waals surface area contributed by atoms with E-state index in [-0.39, 0.29) is 18.1 Å². The predicted octanol–water partition coefficient (Wildman–Crippen LogP) is 1.78. The molecule has 0 atom stereocenters. The maximum atomic E-state index is 11.9. The van der Waals surface area contributed by atoms with Crippen molar-refractivity contribution in [1.29, 1.82) is 0 Å². The van der Waals surface area contributed by atoms with Crippen molar-refractivity contribution in [3.05, 3.63) is 75.3 Å². The van der Waals surface area contributed by atoms with Gasteiger partial charge in [-0.2, -0.15) is 5.10 Å². The van der Waals surface area contributed by atoms with Gasteiger partial charge in [0.15, 0.2) is 0 Å². The number of carbonyl (C=O) groups excluding carboxylic acids is 2. The number of nitrogens with zero attached hydrogens (tertiary/aromatic N) is 2. The lowest BCUT2D eigenvalue weighted by Gasteiger charge is -2.04. The molecule has 0 heterocycles. The van der Waals surface area contributed by atoms with Crippen LogP contribution >= 0.6 is 0 Å². The molecule has 0 aliphatic carbocycles. The Morgan fingerprint density at radius 2 is 1.92 bits per heavy atom. The van der Waals surface area contributed by atoms with Crippen LogP contribution in [0.1, 0.15) is 21.5 Å². The van der Waals surface area contributed by atoms with Crippen molar-refractivity contribution < 1.29 is 14.5 Å². The van der Waals surface area contributed by atoms with Crippen molar-refractivity contribution >= 4 is 23.7 Å². The van der Waals surface area contributed by atoms with Crippen molar-refractivity contribution in [2.75, 3.05) is 6.54 Å². The lowest BCUT2D eigenvalue weighted by Crippen LogP contribution is -2.34. The van der Waals surface area contributed by atoms with Gasteiger partial charge in [0, 0.05) is 17.7 Å². The number of hydrogen-bond donors (Lipinski definition) is 2. The van der Waals surface area contributed by atoms with E-state index in [4.69, 9.17) is 0 Å². The number of nitro benzene ring substituents is 1. The van der Waals surface area contributed by atoms with Crippen LogP contribution in [-0.4, -0.2) is 29.5 Å². The van der Waals surface area contributed by atoms with Crippen molar-refractivity contribution in [2.45, 2.75) is 6.92 Å².